The number of nitrogens with one attached hydrogen (secondary N) is 2. The Hall–Kier alpha value is -2.37. The van der Waals surface area contributed by atoms with Crippen LogP contribution in [0.25, 0.3) is 0 Å². The third kappa shape index (κ3) is 6.38. The average molecular weight is 388 g/mol. The van der Waals surface area contributed by atoms with Crippen LogP contribution in [-0.4, -0.2) is 36.9 Å². The molecule has 0 saturated heterocycles. The number of rotatable bonds is 7. The summed E-state index contributed by atoms with van der Waals surface area (Å²) >= 11 is 6.08. The molecule has 2 amide bonds. The highest BCUT2D eigenvalue weighted by atomic mass is 35.5. The van der Waals surface area contributed by atoms with Gasteiger partial charge in [0.15, 0.2) is 0 Å². The third-order valence-corrected chi connectivity index (χ3v) is 4.57. The molecule has 2 aromatic carbocycles. The van der Waals surface area contributed by atoms with Gasteiger partial charge in [0.2, 0.25) is 11.8 Å². The third-order valence-electron chi connectivity index (χ3n) is 4.20. The van der Waals surface area contributed by atoms with Crippen LogP contribution in [0.15, 0.2) is 36.4 Å². The van der Waals surface area contributed by atoms with Gasteiger partial charge in [-0.3, -0.25) is 14.5 Å². The molecule has 0 spiro atoms. The minimum atomic E-state index is -0.159. The Morgan fingerprint density at radius 2 is 1.59 bits per heavy atom. The van der Waals surface area contributed by atoms with Crippen molar-refractivity contribution in [1.29, 1.82) is 0 Å². The van der Waals surface area contributed by atoms with Crippen molar-refractivity contribution in [2.75, 3.05) is 25.5 Å². The summed E-state index contributed by atoms with van der Waals surface area (Å²) in [5.74, 6) is -0.306. The molecule has 0 heterocycles. The van der Waals surface area contributed by atoms with Crippen LogP contribution >= 0.6 is 11.6 Å². The molecule has 0 aliphatic carbocycles. The molecule has 0 aliphatic rings. The van der Waals surface area contributed by atoms with E-state index in [0.717, 1.165) is 27.9 Å². The predicted octanol–water partition coefficient (Wildman–Crippen LogP) is 3.45. The molecule has 0 aromatic heterocycles. The van der Waals surface area contributed by atoms with Crippen molar-refractivity contribution in [3.05, 3.63) is 63.7 Å². The highest BCUT2D eigenvalue weighted by Gasteiger charge is 2.13. The summed E-state index contributed by atoms with van der Waals surface area (Å²) in [6, 6.07) is 11.4. The second kappa shape index (κ2) is 9.53. The highest BCUT2D eigenvalue weighted by Crippen LogP contribution is 2.21. The van der Waals surface area contributed by atoms with E-state index in [9.17, 15) is 9.59 Å². The van der Waals surface area contributed by atoms with Gasteiger partial charge in [-0.25, -0.2) is 0 Å². The molecule has 2 aromatic rings. The first kappa shape index (κ1) is 20.9. The SMILES string of the molecule is Cc1cc(C)c(NC(=O)CN(C)CC(=O)NCc2ccccc2Cl)c(C)c1. The lowest BCUT2D eigenvalue weighted by atomic mass is 10.1. The van der Waals surface area contributed by atoms with Gasteiger partial charge >= 0.3 is 0 Å². The largest absolute Gasteiger partial charge is 0.351 e. The van der Waals surface area contributed by atoms with Gasteiger partial charge in [-0.1, -0.05) is 47.5 Å². The number of nitrogens with zero attached hydrogens (tertiary/aromatic N) is 1. The van der Waals surface area contributed by atoms with Gasteiger partial charge < -0.3 is 10.6 Å². The van der Waals surface area contributed by atoms with Crippen LogP contribution in [0.2, 0.25) is 5.02 Å². The molecule has 2 rings (SSSR count). The van der Waals surface area contributed by atoms with E-state index in [2.05, 4.69) is 10.6 Å². The normalized spacial score (nSPS) is 10.7. The number of anilines is 1. The second-order valence-electron chi connectivity index (χ2n) is 6.86. The minimum absolute atomic E-state index is 0.129. The molecule has 5 nitrogen and oxygen atoms in total. The maximum Gasteiger partial charge on any atom is 0.238 e. The summed E-state index contributed by atoms with van der Waals surface area (Å²) in [5.41, 5.74) is 4.91. The Balaban J connectivity index is 1.82. The van der Waals surface area contributed by atoms with E-state index in [1.165, 1.54) is 0 Å². The molecule has 0 bridgehead atoms. The zero-order valence-corrected chi connectivity index (χ0v) is 17.0. The van der Waals surface area contributed by atoms with Crippen molar-refractivity contribution in [3.8, 4) is 0 Å². The van der Waals surface area contributed by atoms with Crippen molar-refractivity contribution in [3.63, 3.8) is 0 Å². The van der Waals surface area contributed by atoms with Crippen LogP contribution < -0.4 is 10.6 Å². The summed E-state index contributed by atoms with van der Waals surface area (Å²) in [7, 11) is 1.74. The fraction of sp³-hybridized carbons (Fsp3) is 0.333. The van der Waals surface area contributed by atoms with E-state index in [0.29, 0.717) is 11.6 Å². The summed E-state index contributed by atoms with van der Waals surface area (Å²) in [6.07, 6.45) is 0. The first-order valence-electron chi connectivity index (χ1n) is 8.82. The molecule has 6 heteroatoms. The molecule has 0 unspecified atom stereocenters. The van der Waals surface area contributed by atoms with Gasteiger partial charge in [0.05, 0.1) is 13.1 Å². The molecular weight excluding hydrogens is 362 g/mol. The molecule has 0 saturated carbocycles. The Bertz CT molecular complexity index is 813. The quantitative estimate of drug-likeness (QED) is 0.764. The van der Waals surface area contributed by atoms with E-state index in [1.54, 1.807) is 18.0 Å². The van der Waals surface area contributed by atoms with Gasteiger partial charge in [-0.15, -0.1) is 0 Å². The fourth-order valence-corrected chi connectivity index (χ4v) is 3.20. The Labute approximate surface area is 165 Å². The lowest BCUT2D eigenvalue weighted by molar-refractivity contribution is -0.123. The molecule has 0 radical (unpaired) electrons. The van der Waals surface area contributed by atoms with Crippen molar-refractivity contribution >= 4 is 29.1 Å². The fourth-order valence-electron chi connectivity index (χ4n) is 2.99. The highest BCUT2D eigenvalue weighted by molar-refractivity contribution is 6.31. The van der Waals surface area contributed by atoms with E-state index in [4.69, 9.17) is 11.6 Å². The standard InChI is InChI=1S/C21H26ClN3O2/c1-14-9-15(2)21(16(3)10-14)24-20(27)13-25(4)12-19(26)23-11-17-7-5-6-8-18(17)22/h5-10H,11-13H2,1-4H3,(H,23,26)(H,24,27). The summed E-state index contributed by atoms with van der Waals surface area (Å²) in [4.78, 5) is 26.1. The lowest BCUT2D eigenvalue weighted by Crippen LogP contribution is -2.38. The summed E-state index contributed by atoms with van der Waals surface area (Å²) in [5, 5.41) is 6.39. The molecular formula is C21H26ClN3O2. The van der Waals surface area contributed by atoms with Crippen molar-refractivity contribution in [2.24, 2.45) is 0 Å². The number of amides is 2. The van der Waals surface area contributed by atoms with Gasteiger partial charge in [0, 0.05) is 17.3 Å². The van der Waals surface area contributed by atoms with Gasteiger partial charge in [0.1, 0.15) is 0 Å². The maximum absolute atomic E-state index is 12.3. The molecule has 2 N–H and O–H groups in total. The van der Waals surface area contributed by atoms with Crippen LogP contribution in [0.3, 0.4) is 0 Å². The lowest BCUT2D eigenvalue weighted by Gasteiger charge is -2.18. The molecule has 144 valence electrons. The zero-order chi connectivity index (χ0) is 20.0. The molecule has 0 aliphatic heterocycles. The van der Waals surface area contributed by atoms with Crippen LogP contribution in [-0.2, 0) is 16.1 Å². The van der Waals surface area contributed by atoms with Crippen LogP contribution in [0.4, 0.5) is 5.69 Å². The Kier molecular flexibility index (Phi) is 7.39. The van der Waals surface area contributed by atoms with Gasteiger partial charge in [-0.2, -0.15) is 0 Å². The van der Waals surface area contributed by atoms with Gasteiger partial charge in [0.25, 0.3) is 0 Å². The summed E-state index contributed by atoms with van der Waals surface area (Å²) < 4.78 is 0. The number of aryl methyl sites for hydroxylation is 3. The Morgan fingerprint density at radius 1 is 1.00 bits per heavy atom. The topological polar surface area (TPSA) is 61.4 Å². The average Bonchev–Trinajstić information content (AvgIpc) is 2.57. The van der Waals surface area contributed by atoms with Crippen molar-refractivity contribution < 1.29 is 9.59 Å². The van der Waals surface area contributed by atoms with E-state index < -0.39 is 0 Å². The number of hydrogen-bond acceptors (Lipinski definition) is 3. The predicted molar refractivity (Wildman–Crippen MR) is 110 cm³/mol. The van der Waals surface area contributed by atoms with E-state index in [1.807, 2.05) is 51.1 Å². The second-order valence-corrected chi connectivity index (χ2v) is 7.27. The first-order valence-corrected chi connectivity index (χ1v) is 9.20. The van der Waals surface area contributed by atoms with Gasteiger partial charge in [-0.05, 0) is 50.6 Å². The summed E-state index contributed by atoms with van der Waals surface area (Å²) in [6.45, 7) is 6.60. The van der Waals surface area contributed by atoms with Crippen LogP contribution in [0, 0.1) is 20.8 Å². The monoisotopic (exact) mass is 387 g/mol. The molecule has 0 atom stereocenters. The molecule has 27 heavy (non-hydrogen) atoms. The van der Waals surface area contributed by atoms with E-state index >= 15 is 0 Å². The minimum Gasteiger partial charge on any atom is -0.351 e. The zero-order valence-electron chi connectivity index (χ0n) is 16.2. The molecule has 0 fully saturated rings. The van der Waals surface area contributed by atoms with E-state index in [-0.39, 0.29) is 24.9 Å². The van der Waals surface area contributed by atoms with Crippen LogP contribution in [0.5, 0.6) is 0 Å². The first-order chi connectivity index (χ1) is 12.8. The maximum atomic E-state index is 12.3. The van der Waals surface area contributed by atoms with Crippen molar-refractivity contribution in [2.45, 2.75) is 27.3 Å². The number of carbonyl (C=O) groups is 2. The Morgan fingerprint density at radius 3 is 2.22 bits per heavy atom. The number of halogens is 1. The number of benzene rings is 2. The number of hydrogen-bond donors (Lipinski definition) is 2. The number of likely N-dealkylation sites (N-methyl/N-ethyl adjacent to an activating group) is 1. The number of carbonyl (C=O) groups excluding carboxylic acids is 2. The van der Waals surface area contributed by atoms with Crippen molar-refractivity contribution in [1.82, 2.24) is 10.2 Å². The van der Waals surface area contributed by atoms with Crippen LogP contribution in [0.1, 0.15) is 22.3 Å². The smallest absolute Gasteiger partial charge is 0.238 e.